The Morgan fingerprint density at radius 2 is 0.864 bits per heavy atom. The van der Waals surface area contributed by atoms with Gasteiger partial charge in [0.25, 0.3) is 5.91 Å². The third-order valence-corrected chi connectivity index (χ3v) is 22.8. The molecule has 18 rings (SSSR count). The molecule has 1 aliphatic carbocycles. The number of rotatable bonds is 19. The van der Waals surface area contributed by atoms with Gasteiger partial charge < -0.3 is 34.4 Å². The number of anilines is 12. The monoisotopic (exact) mass is 1730 g/mol. The van der Waals surface area contributed by atoms with Crippen molar-refractivity contribution in [1.82, 2.24) is 50.2 Å². The van der Waals surface area contributed by atoms with Crippen molar-refractivity contribution in [1.29, 1.82) is 0 Å². The van der Waals surface area contributed by atoms with Crippen LogP contribution in [0.1, 0.15) is 140 Å². The second kappa shape index (κ2) is 36.5. The van der Waals surface area contributed by atoms with Crippen LogP contribution in [0.5, 0.6) is 0 Å². The number of hydrogen-bond donors (Lipinski definition) is 6. The van der Waals surface area contributed by atoms with Crippen molar-refractivity contribution in [3.8, 4) is 11.3 Å². The SMILES string of the molecule is CC(C)[C@@H](C)CC(=O)c1ccc2c(n1)N(C(=O)Nc1ccc(F)cn1)[C@H]1CCN2C1.O=C(CCCC(F)(F)F)c1ccc2c(n1)N(C(=O)Nc1ccc(F)cn1)[C@H]1CCN2C1.O=C(CC[C@H](O)C(F)(F)F)c1ccc2c(n1)N(C(=O)Nc1ccc(F)cn1)[C@H]1CCN2C1.O=C(NC1CC1)c1ccc2c(n1)N(C(=O)Nc1cc(-c3cnco3)ccn1)[C@H]1CCN2C1. The number of nitrogens with one attached hydrogen (secondary N) is 5. The molecular formula is C84H85F9N22O10. The molecule has 0 radical (unpaired) electrons. The first-order valence-corrected chi connectivity index (χ1v) is 40.7. The minimum atomic E-state index is -4.81. The summed E-state index contributed by atoms with van der Waals surface area (Å²) in [5.74, 6) is 0.693. The molecule has 5 fully saturated rings. The highest BCUT2D eigenvalue weighted by atomic mass is 19.4. The topological polar surface area (TPSA) is 372 Å². The summed E-state index contributed by atoms with van der Waals surface area (Å²) >= 11 is 0. The molecule has 0 spiro atoms. The molecule has 32 nitrogen and oxygen atoms in total. The fourth-order valence-corrected chi connectivity index (χ4v) is 15.8. The van der Waals surface area contributed by atoms with Crippen molar-refractivity contribution >= 4 is 117 Å². The van der Waals surface area contributed by atoms with Crippen LogP contribution in [0.2, 0.25) is 0 Å². The summed E-state index contributed by atoms with van der Waals surface area (Å²) in [4.78, 5) is 155. The van der Waals surface area contributed by atoms with Crippen LogP contribution in [0.25, 0.3) is 11.3 Å². The summed E-state index contributed by atoms with van der Waals surface area (Å²) in [5, 5.41) is 22.9. The summed E-state index contributed by atoms with van der Waals surface area (Å²) in [6.45, 7) is 11.9. The largest absolute Gasteiger partial charge is 0.444 e. The maximum absolute atomic E-state index is 13.4. The minimum Gasteiger partial charge on any atom is -0.444 e. The number of aliphatic hydroxyl groups is 1. The van der Waals surface area contributed by atoms with E-state index in [2.05, 4.69) is 102 Å². The first kappa shape index (κ1) is 86.4. The van der Waals surface area contributed by atoms with Crippen LogP contribution in [-0.4, -0.2) is 198 Å². The smallest absolute Gasteiger partial charge is 0.414 e. The number of halogens is 9. The Kier molecular flexibility index (Phi) is 25.2. The van der Waals surface area contributed by atoms with E-state index in [9.17, 15) is 77.9 Å². The van der Waals surface area contributed by atoms with E-state index in [1.54, 1.807) is 58.6 Å². The highest BCUT2D eigenvalue weighted by molar-refractivity contribution is 6.09. The van der Waals surface area contributed by atoms with Gasteiger partial charge in [0.1, 0.15) is 69.6 Å². The maximum atomic E-state index is 13.4. The van der Waals surface area contributed by atoms with Crippen LogP contribution in [0.3, 0.4) is 0 Å². The van der Waals surface area contributed by atoms with Crippen molar-refractivity contribution in [2.24, 2.45) is 11.8 Å². The third-order valence-electron chi connectivity index (χ3n) is 22.8. The number of pyridine rings is 8. The number of oxazole rings is 1. The van der Waals surface area contributed by atoms with E-state index in [1.807, 2.05) is 21.9 Å². The van der Waals surface area contributed by atoms with E-state index in [1.165, 1.54) is 58.7 Å². The van der Waals surface area contributed by atoms with Crippen LogP contribution in [0.4, 0.5) is 128 Å². The number of hydrogen-bond acceptors (Lipinski definition) is 23. The fourth-order valence-electron chi connectivity index (χ4n) is 15.8. The van der Waals surface area contributed by atoms with E-state index >= 15 is 0 Å². The summed E-state index contributed by atoms with van der Waals surface area (Å²) in [5.41, 5.74) is 4.37. The summed E-state index contributed by atoms with van der Waals surface area (Å²) in [7, 11) is 0. The van der Waals surface area contributed by atoms with Gasteiger partial charge in [-0.1, -0.05) is 20.8 Å². The van der Waals surface area contributed by atoms with Gasteiger partial charge >= 0.3 is 36.5 Å². The van der Waals surface area contributed by atoms with Crippen molar-refractivity contribution < 1.29 is 87.4 Å². The number of amides is 9. The highest BCUT2D eigenvalue weighted by Gasteiger charge is 2.46. The molecule has 9 aliphatic rings. The fraction of sp³-hybridized carbons (Fsp3) is 0.393. The number of alkyl halides is 6. The summed E-state index contributed by atoms with van der Waals surface area (Å²) < 4.78 is 119. The van der Waals surface area contributed by atoms with Gasteiger partial charge in [-0.25, -0.2) is 77.2 Å². The zero-order valence-corrected chi connectivity index (χ0v) is 67.6. The van der Waals surface area contributed by atoms with Gasteiger partial charge in [-0.05, 0) is 160 Å². The number of urea groups is 4. The lowest BCUT2D eigenvalue weighted by molar-refractivity contribution is -0.205. The van der Waals surface area contributed by atoms with E-state index in [0.29, 0.717) is 97.3 Å². The highest BCUT2D eigenvalue weighted by Crippen LogP contribution is 2.45. The molecule has 6 N–H and O–H groups in total. The maximum Gasteiger partial charge on any atom is 0.414 e. The van der Waals surface area contributed by atoms with Gasteiger partial charge in [0, 0.05) is 95.8 Å². The molecular weight excluding hydrogens is 1650 g/mol. The van der Waals surface area contributed by atoms with Crippen LogP contribution >= 0.6 is 0 Å². The van der Waals surface area contributed by atoms with Crippen molar-refractivity contribution in [2.75, 3.05) is 113 Å². The Bertz CT molecular complexity index is 5530. The molecule has 9 amide bonds. The molecule has 8 aliphatic heterocycles. The van der Waals surface area contributed by atoms with Crippen LogP contribution in [0.15, 0.2) is 139 Å². The summed E-state index contributed by atoms with van der Waals surface area (Å²) in [6.07, 6.45) is -1.74. The average molecular weight is 1730 g/mol. The van der Waals surface area contributed by atoms with E-state index in [-0.39, 0.29) is 113 Å². The zero-order chi connectivity index (χ0) is 88.3. The molecule has 1 saturated carbocycles. The normalized spacial score (nSPS) is 18.3. The standard InChI is InChI=1S/C22H26FN5O2.C22H21N7O3.C20H19F4N5O3.C20H19F4N5O2/c1-13(2)14(3)10-19(29)17-5-6-18-21(25-17)28(16-8-9-27(18)12-16)22(30)26-20-7-4-15(23)11-24-20;30-21(25-14-1-2-14)16-3-4-17-20(26-16)29(15-6-8-28(17)11-15)22(31)27-19-9-13(5-7-24-19)18-10-23-12-32-18;21-11-1-6-17(25-9-11)27-19(32)29-12-7-8-28(10-12)14-3-2-13(26-18(14)29)15(30)4-5-16(31)20(22,23)24;21-12-3-6-17(25-10-12)27-19(31)29-13-7-9-28(11-13)15-5-4-14(26-18(15)29)16(30)2-1-8-20(22,23)24/h4-7,11,13-14,16H,8-10,12H2,1-3H3,(H,24,26,30);3-5,7,9-10,12,14-15H,1-2,6,8,11H2,(H,25,30)(H,24,27,31);1-3,6,9,12,16,31H,4-5,7-8,10H2,(H,25,27,32);3-6,10,13H,1-2,7-9,11H2,(H,25,27,31)/t14-,16-;15-;12-,16-;13-/m0000/s1. The van der Waals surface area contributed by atoms with Crippen molar-refractivity contribution in [3.63, 3.8) is 0 Å². The van der Waals surface area contributed by atoms with Crippen LogP contribution in [0, 0.1) is 29.3 Å². The van der Waals surface area contributed by atoms with Crippen LogP contribution in [-0.2, 0) is 0 Å². The summed E-state index contributed by atoms with van der Waals surface area (Å²) in [6, 6.07) is 22.5. The van der Waals surface area contributed by atoms with Crippen molar-refractivity contribution in [2.45, 2.75) is 146 Å². The molecule has 9 aromatic rings. The molecule has 654 valence electrons. The van der Waals surface area contributed by atoms with Gasteiger partial charge in [-0.2, -0.15) is 26.3 Å². The Labute approximate surface area is 708 Å². The van der Waals surface area contributed by atoms with Crippen LogP contribution < -0.4 is 65.8 Å². The molecule has 4 saturated heterocycles. The molecule has 9 aromatic heterocycles. The average Bonchev–Trinajstić information content (AvgIpc) is 1.73. The first-order chi connectivity index (χ1) is 59.8. The van der Waals surface area contributed by atoms with Gasteiger partial charge in [-0.15, -0.1) is 0 Å². The number of nitrogens with zero attached hydrogens (tertiary/aromatic N) is 17. The lowest BCUT2D eigenvalue weighted by Crippen LogP contribution is -2.48. The molecule has 6 atom stereocenters. The lowest BCUT2D eigenvalue weighted by atomic mass is 9.92. The van der Waals surface area contributed by atoms with E-state index in [0.717, 1.165) is 93.5 Å². The number of fused-ring (bicyclic) bond motifs is 16. The molecule has 41 heteroatoms. The number of aromatic nitrogens is 9. The molecule has 17 heterocycles. The predicted octanol–water partition coefficient (Wildman–Crippen LogP) is 14.1. The molecule has 0 unspecified atom stereocenters. The number of Topliss-reactive ketones (excluding diaryl/α,β-unsaturated/α-hetero) is 3. The number of aliphatic hydroxyl groups excluding tert-OH is 1. The number of carbonyl (C=O) groups excluding carboxylic acids is 8. The van der Waals surface area contributed by atoms with Gasteiger partial charge in [0.2, 0.25) is 0 Å². The second-order valence-electron chi connectivity index (χ2n) is 31.8. The quantitative estimate of drug-likeness (QED) is 0.0323. The second-order valence-corrected chi connectivity index (χ2v) is 31.8. The zero-order valence-electron chi connectivity index (χ0n) is 67.6. The molecule has 8 bridgehead atoms. The van der Waals surface area contributed by atoms with E-state index in [4.69, 9.17) is 9.52 Å². The third kappa shape index (κ3) is 20.1. The number of carbonyl (C=O) groups is 8. The van der Waals surface area contributed by atoms with Crippen molar-refractivity contribution in [3.05, 3.63) is 175 Å². The van der Waals surface area contributed by atoms with Gasteiger partial charge in [-0.3, -0.25) is 60.0 Å². The number of ketones is 3. The van der Waals surface area contributed by atoms with Gasteiger partial charge in [0.05, 0.1) is 71.7 Å². The Balaban J connectivity index is 0.000000129. The lowest BCUT2D eigenvalue weighted by Gasteiger charge is -2.35. The van der Waals surface area contributed by atoms with E-state index < -0.39 is 78.8 Å². The van der Waals surface area contributed by atoms with Gasteiger partial charge in [0.15, 0.2) is 52.8 Å². The Hall–Kier alpha value is -13.5. The predicted molar refractivity (Wildman–Crippen MR) is 441 cm³/mol. The molecule has 125 heavy (non-hydrogen) atoms. The Morgan fingerprint density at radius 3 is 1.23 bits per heavy atom. The minimum absolute atomic E-state index is 0.0149. The Morgan fingerprint density at radius 1 is 0.472 bits per heavy atom. The molecule has 0 aromatic carbocycles. The first-order valence-electron chi connectivity index (χ1n) is 40.7.